The second kappa shape index (κ2) is 7.50. The first-order valence-corrected chi connectivity index (χ1v) is 9.42. The highest BCUT2D eigenvalue weighted by Gasteiger charge is 2.19. The molecule has 2 heterocycles. The van der Waals surface area contributed by atoms with Crippen molar-refractivity contribution in [1.82, 2.24) is 5.16 Å². The molecule has 0 unspecified atom stereocenters. The van der Waals surface area contributed by atoms with Gasteiger partial charge in [-0.25, -0.2) is 13.1 Å². The van der Waals surface area contributed by atoms with Crippen LogP contribution >= 0.6 is 0 Å². The van der Waals surface area contributed by atoms with Gasteiger partial charge in [-0.05, 0) is 56.3 Å². The van der Waals surface area contributed by atoms with Gasteiger partial charge in [0, 0.05) is 17.3 Å². The Labute approximate surface area is 155 Å². The lowest BCUT2D eigenvalue weighted by molar-refractivity contribution is -0.111. The second-order valence-corrected chi connectivity index (χ2v) is 7.37. The van der Waals surface area contributed by atoms with Crippen molar-refractivity contribution in [2.24, 2.45) is 0 Å². The maximum atomic E-state index is 12.4. The molecule has 8 nitrogen and oxygen atoms in total. The molecule has 0 saturated heterocycles. The summed E-state index contributed by atoms with van der Waals surface area (Å²) in [6.45, 7) is 3.42. The Morgan fingerprint density at radius 2 is 1.89 bits per heavy atom. The van der Waals surface area contributed by atoms with E-state index in [-0.39, 0.29) is 16.7 Å². The largest absolute Gasteiger partial charge is 0.465 e. The van der Waals surface area contributed by atoms with Crippen LogP contribution in [-0.2, 0) is 14.8 Å². The van der Waals surface area contributed by atoms with E-state index < -0.39 is 10.0 Å². The van der Waals surface area contributed by atoms with Gasteiger partial charge in [0.2, 0.25) is 11.8 Å². The lowest BCUT2D eigenvalue weighted by Gasteiger charge is -2.07. The van der Waals surface area contributed by atoms with E-state index in [0.717, 1.165) is 0 Å². The molecule has 0 aliphatic heterocycles. The number of rotatable bonds is 6. The summed E-state index contributed by atoms with van der Waals surface area (Å²) in [4.78, 5) is 11.9. The van der Waals surface area contributed by atoms with Crippen LogP contribution in [0.15, 0.2) is 62.6 Å². The summed E-state index contributed by atoms with van der Waals surface area (Å²) in [5.41, 5.74) is 1.67. The Morgan fingerprint density at radius 1 is 1.15 bits per heavy atom. The lowest BCUT2D eigenvalue weighted by Crippen LogP contribution is -2.13. The molecule has 2 N–H and O–H groups in total. The standard InChI is InChI=1S/C18H17N3O5S/c1-12-13(2)20-26-18(12)21-27(23,24)16-8-5-14(6-9-16)19-17(22)10-7-15-4-3-11-25-15/h3-11,21H,1-2H3,(H,19,22). The third-order valence-corrected chi connectivity index (χ3v) is 5.11. The summed E-state index contributed by atoms with van der Waals surface area (Å²) in [7, 11) is -3.83. The van der Waals surface area contributed by atoms with Gasteiger partial charge in [0.25, 0.3) is 10.0 Å². The zero-order valence-electron chi connectivity index (χ0n) is 14.6. The summed E-state index contributed by atoms with van der Waals surface area (Å²) in [5, 5.41) is 6.35. The number of hydrogen-bond donors (Lipinski definition) is 2. The minimum absolute atomic E-state index is 0.0279. The maximum absolute atomic E-state index is 12.4. The van der Waals surface area contributed by atoms with Crippen LogP contribution in [-0.4, -0.2) is 19.5 Å². The first kappa shape index (κ1) is 18.5. The van der Waals surface area contributed by atoms with E-state index in [1.807, 2.05) is 0 Å². The summed E-state index contributed by atoms with van der Waals surface area (Å²) >= 11 is 0. The van der Waals surface area contributed by atoms with Gasteiger partial charge in [0.1, 0.15) is 5.76 Å². The van der Waals surface area contributed by atoms with E-state index in [2.05, 4.69) is 15.2 Å². The molecule has 9 heteroatoms. The molecule has 0 aliphatic carbocycles. The third-order valence-electron chi connectivity index (χ3n) is 3.76. The van der Waals surface area contributed by atoms with Gasteiger partial charge in [-0.1, -0.05) is 5.16 Å². The van der Waals surface area contributed by atoms with Gasteiger partial charge in [-0.15, -0.1) is 0 Å². The van der Waals surface area contributed by atoms with Crippen molar-refractivity contribution in [3.05, 3.63) is 65.8 Å². The summed E-state index contributed by atoms with van der Waals surface area (Å²) < 4.78 is 37.3. The van der Waals surface area contributed by atoms with Crippen molar-refractivity contribution in [2.45, 2.75) is 18.7 Å². The molecule has 27 heavy (non-hydrogen) atoms. The number of amides is 1. The average Bonchev–Trinajstić information content (AvgIpc) is 3.26. The van der Waals surface area contributed by atoms with Crippen LogP contribution in [0.4, 0.5) is 11.6 Å². The lowest BCUT2D eigenvalue weighted by atomic mass is 10.3. The monoisotopic (exact) mass is 387 g/mol. The van der Waals surface area contributed by atoms with Crippen molar-refractivity contribution < 1.29 is 22.2 Å². The molecule has 1 amide bonds. The molecular formula is C18H17N3O5S. The number of nitrogens with one attached hydrogen (secondary N) is 2. The molecule has 0 saturated carbocycles. The number of nitrogens with zero attached hydrogens (tertiary/aromatic N) is 1. The van der Waals surface area contributed by atoms with Crippen molar-refractivity contribution in [1.29, 1.82) is 0 Å². The van der Waals surface area contributed by atoms with E-state index in [4.69, 9.17) is 8.94 Å². The molecule has 3 rings (SSSR count). The number of sulfonamides is 1. The van der Waals surface area contributed by atoms with Gasteiger partial charge >= 0.3 is 0 Å². The van der Waals surface area contributed by atoms with Crippen LogP contribution in [0.2, 0.25) is 0 Å². The molecule has 0 spiro atoms. The van der Waals surface area contributed by atoms with Crippen LogP contribution in [0.3, 0.4) is 0 Å². The number of benzene rings is 1. The Hall–Kier alpha value is -3.33. The number of carbonyl (C=O) groups is 1. The highest BCUT2D eigenvalue weighted by atomic mass is 32.2. The molecule has 0 atom stereocenters. The van der Waals surface area contributed by atoms with Crippen molar-refractivity contribution >= 4 is 33.6 Å². The molecule has 140 valence electrons. The highest BCUT2D eigenvalue weighted by Crippen LogP contribution is 2.22. The van der Waals surface area contributed by atoms with Crippen LogP contribution in [0.1, 0.15) is 17.0 Å². The molecule has 3 aromatic rings. The fraction of sp³-hybridized carbons (Fsp3) is 0.111. The number of hydrogen-bond acceptors (Lipinski definition) is 6. The van der Waals surface area contributed by atoms with Crippen LogP contribution in [0.25, 0.3) is 6.08 Å². The van der Waals surface area contributed by atoms with Crippen LogP contribution in [0, 0.1) is 13.8 Å². The Balaban J connectivity index is 1.67. The molecule has 0 fully saturated rings. The van der Waals surface area contributed by atoms with Gasteiger partial charge in [-0.2, -0.15) is 0 Å². The molecule has 0 bridgehead atoms. The zero-order chi connectivity index (χ0) is 19.4. The number of furan rings is 1. The van der Waals surface area contributed by atoms with Gasteiger partial charge in [-0.3, -0.25) is 4.79 Å². The summed E-state index contributed by atoms with van der Waals surface area (Å²) in [6, 6.07) is 9.18. The summed E-state index contributed by atoms with van der Waals surface area (Å²) in [5.74, 6) is 0.261. The summed E-state index contributed by atoms with van der Waals surface area (Å²) in [6.07, 6.45) is 4.35. The molecule has 2 aromatic heterocycles. The van der Waals surface area contributed by atoms with Crippen molar-refractivity contribution in [2.75, 3.05) is 10.0 Å². The fourth-order valence-electron chi connectivity index (χ4n) is 2.14. The Bertz CT molecular complexity index is 1060. The first-order chi connectivity index (χ1) is 12.8. The number of aromatic nitrogens is 1. The maximum Gasteiger partial charge on any atom is 0.264 e. The fourth-order valence-corrected chi connectivity index (χ4v) is 3.18. The topological polar surface area (TPSA) is 114 Å². The van der Waals surface area contributed by atoms with Crippen LogP contribution in [0.5, 0.6) is 0 Å². The molecular weight excluding hydrogens is 370 g/mol. The third kappa shape index (κ3) is 4.45. The normalized spacial score (nSPS) is 11.6. The van der Waals surface area contributed by atoms with E-state index in [9.17, 15) is 13.2 Å². The second-order valence-electron chi connectivity index (χ2n) is 5.69. The van der Waals surface area contributed by atoms with Gasteiger partial charge in [0.15, 0.2) is 0 Å². The molecule has 0 aliphatic rings. The minimum atomic E-state index is -3.83. The predicted molar refractivity (Wildman–Crippen MR) is 99.6 cm³/mol. The zero-order valence-corrected chi connectivity index (χ0v) is 15.4. The molecule has 0 radical (unpaired) electrons. The smallest absolute Gasteiger partial charge is 0.264 e. The van der Waals surface area contributed by atoms with E-state index in [1.54, 1.807) is 26.0 Å². The van der Waals surface area contributed by atoms with Crippen LogP contribution < -0.4 is 10.0 Å². The van der Waals surface area contributed by atoms with Gasteiger partial charge in [0.05, 0.1) is 16.9 Å². The number of carbonyl (C=O) groups excluding carboxylic acids is 1. The number of anilines is 2. The highest BCUT2D eigenvalue weighted by molar-refractivity contribution is 7.92. The minimum Gasteiger partial charge on any atom is -0.465 e. The predicted octanol–water partition coefficient (Wildman–Crippen LogP) is 3.34. The first-order valence-electron chi connectivity index (χ1n) is 7.93. The van der Waals surface area contributed by atoms with Gasteiger partial charge < -0.3 is 14.3 Å². The Kier molecular flexibility index (Phi) is 5.13. The SMILES string of the molecule is Cc1noc(NS(=O)(=O)c2ccc(NC(=O)C=Cc3ccco3)cc2)c1C. The molecule has 1 aromatic carbocycles. The van der Waals surface area contributed by atoms with E-state index in [0.29, 0.717) is 22.7 Å². The quantitative estimate of drug-likeness (QED) is 0.627. The number of aryl methyl sites for hydroxylation is 1. The van der Waals surface area contributed by atoms with E-state index >= 15 is 0 Å². The Morgan fingerprint density at radius 3 is 2.48 bits per heavy atom. The van der Waals surface area contributed by atoms with E-state index in [1.165, 1.54) is 42.7 Å². The van der Waals surface area contributed by atoms with Crippen molar-refractivity contribution in [3.63, 3.8) is 0 Å². The van der Waals surface area contributed by atoms with Crippen molar-refractivity contribution in [3.8, 4) is 0 Å². The average molecular weight is 387 g/mol.